The summed E-state index contributed by atoms with van der Waals surface area (Å²) in [5.41, 5.74) is 7.26. The van der Waals surface area contributed by atoms with Gasteiger partial charge in [-0.2, -0.15) is 0 Å². The predicted molar refractivity (Wildman–Crippen MR) is 86.7 cm³/mol. The van der Waals surface area contributed by atoms with Gasteiger partial charge in [0, 0.05) is 18.7 Å². The smallest absolute Gasteiger partial charge is 0.268 e. The van der Waals surface area contributed by atoms with Crippen LogP contribution in [0.3, 0.4) is 0 Å². The Balaban J connectivity index is 2.06. The van der Waals surface area contributed by atoms with Crippen LogP contribution >= 0.6 is 0 Å². The average Bonchev–Trinajstić information content (AvgIpc) is 2.84. The highest BCUT2D eigenvalue weighted by Crippen LogP contribution is 2.28. The van der Waals surface area contributed by atoms with Crippen LogP contribution in [0.5, 0.6) is 0 Å². The maximum atomic E-state index is 11.4. The van der Waals surface area contributed by atoms with Crippen LogP contribution in [0.4, 0.5) is 5.82 Å². The summed E-state index contributed by atoms with van der Waals surface area (Å²) < 4.78 is 0. The number of hydrogen-bond donors (Lipinski definition) is 1. The molecule has 2 aromatic rings. The Labute approximate surface area is 130 Å². The molecule has 2 N–H and O–H groups in total. The van der Waals surface area contributed by atoms with Crippen LogP contribution in [0.15, 0.2) is 36.5 Å². The fraction of sp³-hybridized carbons (Fsp3) is 0.353. The third-order valence-electron chi connectivity index (χ3n) is 3.96. The normalized spacial score (nSPS) is 15.4. The lowest BCUT2D eigenvalue weighted by Gasteiger charge is -2.23. The quantitative estimate of drug-likeness (QED) is 0.945. The number of primary amides is 1. The van der Waals surface area contributed by atoms with Gasteiger partial charge in [-0.3, -0.25) is 4.79 Å². The number of aromatic nitrogens is 2. The Morgan fingerprint density at radius 3 is 2.36 bits per heavy atom. The van der Waals surface area contributed by atoms with Crippen molar-refractivity contribution in [3.8, 4) is 11.3 Å². The molecule has 0 bridgehead atoms. The van der Waals surface area contributed by atoms with Crippen molar-refractivity contribution in [2.24, 2.45) is 5.73 Å². The van der Waals surface area contributed by atoms with E-state index < -0.39 is 5.91 Å². The minimum atomic E-state index is -0.549. The van der Waals surface area contributed by atoms with E-state index in [-0.39, 0.29) is 5.69 Å². The van der Waals surface area contributed by atoms with Gasteiger partial charge in [-0.1, -0.05) is 43.2 Å². The van der Waals surface area contributed by atoms with Crippen molar-refractivity contribution in [1.29, 1.82) is 0 Å². The maximum Gasteiger partial charge on any atom is 0.268 e. The molecule has 114 valence electrons. The molecule has 0 radical (unpaired) electrons. The van der Waals surface area contributed by atoms with Crippen molar-refractivity contribution < 1.29 is 4.79 Å². The van der Waals surface area contributed by atoms with Crippen LogP contribution in [0.1, 0.15) is 36.2 Å². The minimum Gasteiger partial charge on any atom is -0.364 e. The van der Waals surface area contributed by atoms with E-state index in [1.807, 2.05) is 30.3 Å². The van der Waals surface area contributed by atoms with Crippen LogP contribution in [-0.2, 0) is 0 Å². The van der Waals surface area contributed by atoms with Crippen LogP contribution in [-0.4, -0.2) is 29.0 Å². The van der Waals surface area contributed by atoms with E-state index in [1.54, 1.807) is 0 Å². The lowest BCUT2D eigenvalue weighted by atomic mass is 10.1. The average molecular weight is 296 g/mol. The highest BCUT2D eigenvalue weighted by molar-refractivity contribution is 5.91. The molecule has 1 aromatic carbocycles. The SMILES string of the molecule is NC(=O)c1cnc(N2CCCCCC2)c(-c2ccccc2)n1. The van der Waals surface area contributed by atoms with Gasteiger partial charge in [-0.05, 0) is 12.8 Å². The fourth-order valence-corrected chi connectivity index (χ4v) is 2.81. The first-order valence-corrected chi connectivity index (χ1v) is 7.73. The molecule has 1 amide bonds. The zero-order chi connectivity index (χ0) is 15.4. The Morgan fingerprint density at radius 1 is 1.05 bits per heavy atom. The van der Waals surface area contributed by atoms with Crippen molar-refractivity contribution in [2.75, 3.05) is 18.0 Å². The van der Waals surface area contributed by atoms with Gasteiger partial charge in [0.1, 0.15) is 11.4 Å². The van der Waals surface area contributed by atoms with Crippen molar-refractivity contribution >= 4 is 11.7 Å². The highest BCUT2D eigenvalue weighted by atomic mass is 16.1. The van der Waals surface area contributed by atoms with Crippen molar-refractivity contribution in [2.45, 2.75) is 25.7 Å². The van der Waals surface area contributed by atoms with E-state index in [0.717, 1.165) is 43.0 Å². The second-order valence-electron chi connectivity index (χ2n) is 5.56. The molecular formula is C17H20N4O. The molecule has 0 saturated carbocycles. The molecule has 5 heteroatoms. The summed E-state index contributed by atoms with van der Waals surface area (Å²) in [4.78, 5) is 22.7. The zero-order valence-electron chi connectivity index (χ0n) is 12.5. The van der Waals surface area contributed by atoms with Crippen LogP contribution in [0.25, 0.3) is 11.3 Å². The van der Waals surface area contributed by atoms with Gasteiger partial charge < -0.3 is 10.6 Å². The molecule has 5 nitrogen and oxygen atoms in total. The van der Waals surface area contributed by atoms with Crippen LogP contribution in [0, 0.1) is 0 Å². The molecule has 3 rings (SSSR count). The standard InChI is InChI=1S/C17H20N4O/c18-16(22)14-12-19-17(21-10-6-1-2-7-11-21)15(20-14)13-8-4-3-5-9-13/h3-5,8-9,12H,1-2,6-7,10-11H2,(H2,18,22). The summed E-state index contributed by atoms with van der Waals surface area (Å²) in [5.74, 6) is 0.296. The lowest BCUT2D eigenvalue weighted by molar-refractivity contribution is 0.0995. The largest absolute Gasteiger partial charge is 0.364 e. The van der Waals surface area contributed by atoms with Gasteiger partial charge in [-0.15, -0.1) is 0 Å². The third-order valence-corrected chi connectivity index (χ3v) is 3.96. The number of hydrogen-bond acceptors (Lipinski definition) is 4. The van der Waals surface area contributed by atoms with Crippen molar-refractivity contribution in [1.82, 2.24) is 9.97 Å². The molecule has 1 aliphatic heterocycles. The Kier molecular flexibility index (Phi) is 4.32. The molecule has 1 saturated heterocycles. The summed E-state index contributed by atoms with van der Waals surface area (Å²) in [6, 6.07) is 9.84. The second kappa shape index (κ2) is 6.56. The van der Waals surface area contributed by atoms with E-state index in [9.17, 15) is 4.79 Å². The van der Waals surface area contributed by atoms with Gasteiger partial charge >= 0.3 is 0 Å². The summed E-state index contributed by atoms with van der Waals surface area (Å²) in [6.45, 7) is 1.95. The molecular weight excluding hydrogens is 276 g/mol. The molecule has 22 heavy (non-hydrogen) atoms. The van der Waals surface area contributed by atoms with Crippen molar-refractivity contribution in [3.05, 3.63) is 42.2 Å². The lowest BCUT2D eigenvalue weighted by Crippen LogP contribution is -2.26. The minimum absolute atomic E-state index is 0.206. The summed E-state index contributed by atoms with van der Waals surface area (Å²) in [7, 11) is 0. The summed E-state index contributed by atoms with van der Waals surface area (Å²) >= 11 is 0. The molecule has 0 spiro atoms. The van der Waals surface area contributed by atoms with Crippen LogP contribution < -0.4 is 10.6 Å². The van der Waals surface area contributed by atoms with Gasteiger partial charge in [0.05, 0.1) is 6.20 Å². The number of nitrogens with zero attached hydrogens (tertiary/aromatic N) is 3. The molecule has 0 atom stereocenters. The second-order valence-corrected chi connectivity index (χ2v) is 5.56. The number of carbonyl (C=O) groups excluding carboxylic acids is 1. The molecule has 1 aromatic heterocycles. The number of benzene rings is 1. The first-order chi connectivity index (χ1) is 10.8. The number of rotatable bonds is 3. The fourth-order valence-electron chi connectivity index (χ4n) is 2.81. The monoisotopic (exact) mass is 296 g/mol. The molecule has 0 aliphatic carbocycles. The summed E-state index contributed by atoms with van der Waals surface area (Å²) in [5, 5.41) is 0. The molecule has 1 fully saturated rings. The van der Waals surface area contributed by atoms with Gasteiger partial charge in [-0.25, -0.2) is 9.97 Å². The highest BCUT2D eigenvalue weighted by Gasteiger charge is 2.19. The predicted octanol–water partition coefficient (Wildman–Crippen LogP) is 2.62. The zero-order valence-corrected chi connectivity index (χ0v) is 12.5. The number of nitrogens with two attached hydrogens (primary N) is 1. The van der Waals surface area contributed by atoms with Gasteiger partial charge in [0.25, 0.3) is 5.91 Å². The van der Waals surface area contributed by atoms with E-state index in [2.05, 4.69) is 14.9 Å². The van der Waals surface area contributed by atoms with Crippen molar-refractivity contribution in [3.63, 3.8) is 0 Å². The molecule has 1 aliphatic rings. The Bertz CT molecular complexity index is 649. The topological polar surface area (TPSA) is 72.1 Å². The molecule has 0 unspecified atom stereocenters. The maximum absolute atomic E-state index is 11.4. The van der Waals surface area contributed by atoms with E-state index >= 15 is 0 Å². The third kappa shape index (κ3) is 3.08. The van der Waals surface area contributed by atoms with Gasteiger partial charge in [0.2, 0.25) is 0 Å². The first kappa shape index (κ1) is 14.5. The Hall–Kier alpha value is -2.43. The number of amides is 1. The number of carbonyl (C=O) groups is 1. The van der Waals surface area contributed by atoms with E-state index in [0.29, 0.717) is 0 Å². The molecule has 2 heterocycles. The summed E-state index contributed by atoms with van der Waals surface area (Å²) in [6.07, 6.45) is 6.31. The first-order valence-electron chi connectivity index (χ1n) is 7.73. The van der Waals surface area contributed by atoms with E-state index in [4.69, 9.17) is 5.73 Å². The van der Waals surface area contributed by atoms with Crippen LogP contribution in [0.2, 0.25) is 0 Å². The van der Waals surface area contributed by atoms with E-state index in [1.165, 1.54) is 19.0 Å². The number of anilines is 1. The Morgan fingerprint density at radius 2 is 1.73 bits per heavy atom. The van der Waals surface area contributed by atoms with Gasteiger partial charge in [0.15, 0.2) is 5.82 Å².